The molecule has 0 unspecified atom stereocenters. The van der Waals surface area contributed by atoms with Crippen LogP contribution in [0.25, 0.3) is 0 Å². The number of hydrogen-bond acceptors (Lipinski definition) is 4. The number of carbonyl (C=O) groups excluding carboxylic acids is 2. The number of sulfonamides is 1. The fraction of sp³-hybridized carbons (Fsp3) is 0.481. The molecule has 0 fully saturated rings. The van der Waals surface area contributed by atoms with E-state index in [2.05, 4.69) is 28.2 Å². The van der Waals surface area contributed by atoms with Crippen LogP contribution in [0, 0.1) is 13.8 Å². The molecule has 198 valence electrons. The van der Waals surface area contributed by atoms with Gasteiger partial charge in [-0.15, -0.1) is 0 Å². The van der Waals surface area contributed by atoms with Gasteiger partial charge in [-0.1, -0.05) is 53.5 Å². The SMILES string of the molecule is CCCCNC(=O)[C@@H](C)N(Cc1cccc(Br)c1)C(=O)CCCN(c1cccc(C)c1C)S(C)(=O)=O. The second-order valence-corrected chi connectivity index (χ2v) is 12.0. The second kappa shape index (κ2) is 13.8. The lowest BCUT2D eigenvalue weighted by Gasteiger charge is -2.30. The van der Waals surface area contributed by atoms with Gasteiger partial charge in [-0.2, -0.15) is 0 Å². The minimum absolute atomic E-state index is 0.122. The number of nitrogens with one attached hydrogen (secondary N) is 1. The van der Waals surface area contributed by atoms with Gasteiger partial charge in [0.1, 0.15) is 6.04 Å². The summed E-state index contributed by atoms with van der Waals surface area (Å²) in [4.78, 5) is 27.7. The van der Waals surface area contributed by atoms with E-state index in [9.17, 15) is 18.0 Å². The molecule has 0 aromatic heterocycles. The molecule has 36 heavy (non-hydrogen) atoms. The van der Waals surface area contributed by atoms with Crippen LogP contribution in [0.1, 0.15) is 56.2 Å². The Bertz CT molecular complexity index is 1150. The molecular formula is C27H38BrN3O4S. The topological polar surface area (TPSA) is 86.8 Å². The molecule has 0 spiro atoms. The van der Waals surface area contributed by atoms with Crippen LogP contribution in [0.3, 0.4) is 0 Å². The number of hydrogen-bond donors (Lipinski definition) is 1. The van der Waals surface area contributed by atoms with Crippen molar-refractivity contribution in [2.24, 2.45) is 0 Å². The van der Waals surface area contributed by atoms with Crippen LogP contribution >= 0.6 is 15.9 Å². The van der Waals surface area contributed by atoms with Crippen molar-refractivity contribution in [3.05, 3.63) is 63.6 Å². The van der Waals surface area contributed by atoms with Gasteiger partial charge < -0.3 is 10.2 Å². The van der Waals surface area contributed by atoms with Crippen LogP contribution in [0.5, 0.6) is 0 Å². The highest BCUT2D eigenvalue weighted by Crippen LogP contribution is 2.25. The molecule has 0 radical (unpaired) electrons. The van der Waals surface area contributed by atoms with Crippen LogP contribution in [-0.4, -0.2) is 50.5 Å². The van der Waals surface area contributed by atoms with Crippen molar-refractivity contribution in [3.8, 4) is 0 Å². The number of aryl methyl sites for hydroxylation is 1. The molecule has 1 N–H and O–H groups in total. The van der Waals surface area contributed by atoms with E-state index in [1.807, 2.05) is 50.2 Å². The van der Waals surface area contributed by atoms with E-state index < -0.39 is 16.1 Å². The molecule has 0 saturated heterocycles. The highest BCUT2D eigenvalue weighted by Gasteiger charge is 2.27. The molecule has 0 aliphatic carbocycles. The molecule has 1 atom stereocenters. The van der Waals surface area contributed by atoms with Gasteiger partial charge in [-0.05, 0) is 68.5 Å². The smallest absolute Gasteiger partial charge is 0.242 e. The Labute approximate surface area is 224 Å². The molecule has 2 aromatic carbocycles. The molecule has 0 saturated carbocycles. The number of carbonyl (C=O) groups is 2. The molecule has 0 heterocycles. The van der Waals surface area contributed by atoms with Gasteiger partial charge in [-0.3, -0.25) is 13.9 Å². The first-order valence-corrected chi connectivity index (χ1v) is 14.9. The average molecular weight is 581 g/mol. The van der Waals surface area contributed by atoms with Crippen molar-refractivity contribution in [2.45, 2.75) is 66.0 Å². The molecule has 2 amide bonds. The number of halogens is 1. The Kier molecular flexibility index (Phi) is 11.4. The Hall–Kier alpha value is -2.39. The van der Waals surface area contributed by atoms with Crippen molar-refractivity contribution in [3.63, 3.8) is 0 Å². The summed E-state index contributed by atoms with van der Waals surface area (Å²) in [5.41, 5.74) is 3.42. The first kappa shape index (κ1) is 29.8. The van der Waals surface area contributed by atoms with E-state index in [1.54, 1.807) is 17.9 Å². The summed E-state index contributed by atoms with van der Waals surface area (Å²) in [6.07, 6.45) is 3.47. The summed E-state index contributed by atoms with van der Waals surface area (Å²) in [5, 5.41) is 2.91. The number of benzene rings is 2. The number of nitrogens with zero attached hydrogens (tertiary/aromatic N) is 2. The number of anilines is 1. The van der Waals surface area contributed by atoms with Crippen molar-refractivity contribution in [1.82, 2.24) is 10.2 Å². The maximum atomic E-state index is 13.4. The lowest BCUT2D eigenvalue weighted by molar-refractivity contribution is -0.140. The molecule has 0 bridgehead atoms. The largest absolute Gasteiger partial charge is 0.354 e. The zero-order valence-corrected chi connectivity index (χ0v) is 24.3. The summed E-state index contributed by atoms with van der Waals surface area (Å²) >= 11 is 3.46. The van der Waals surface area contributed by atoms with Gasteiger partial charge in [0.15, 0.2) is 0 Å². The van der Waals surface area contributed by atoms with E-state index in [0.717, 1.165) is 34.0 Å². The van der Waals surface area contributed by atoms with Crippen molar-refractivity contribution in [1.29, 1.82) is 0 Å². The lowest BCUT2D eigenvalue weighted by Crippen LogP contribution is -2.48. The van der Waals surface area contributed by atoms with Crippen LogP contribution in [-0.2, 0) is 26.2 Å². The standard InChI is InChI=1S/C27H38BrN3O4S/c1-6-7-16-29-27(33)22(4)30(19-23-12-9-13-24(28)18-23)26(32)15-10-17-31(36(5,34)35)25-14-8-11-20(2)21(25)3/h8-9,11-14,18,22H,6-7,10,15-17,19H2,1-5H3,(H,29,33)/t22-/m1/s1. The molecule has 2 rings (SSSR count). The van der Waals surface area contributed by atoms with Gasteiger partial charge in [0.05, 0.1) is 11.9 Å². The monoisotopic (exact) mass is 579 g/mol. The van der Waals surface area contributed by atoms with Gasteiger partial charge in [-0.25, -0.2) is 8.42 Å². The first-order valence-electron chi connectivity index (χ1n) is 12.3. The summed E-state index contributed by atoms with van der Waals surface area (Å²) in [6, 6.07) is 12.5. The molecule has 2 aromatic rings. The normalized spacial score (nSPS) is 12.2. The van der Waals surface area contributed by atoms with E-state index in [4.69, 9.17) is 0 Å². The van der Waals surface area contributed by atoms with E-state index in [0.29, 0.717) is 18.7 Å². The Morgan fingerprint density at radius 3 is 2.42 bits per heavy atom. The number of rotatable bonds is 13. The third-order valence-corrected chi connectivity index (χ3v) is 7.91. The van der Waals surface area contributed by atoms with Crippen LogP contribution in [0.15, 0.2) is 46.9 Å². The highest BCUT2D eigenvalue weighted by atomic mass is 79.9. The zero-order chi connectivity index (χ0) is 26.9. The minimum atomic E-state index is -3.53. The molecule has 9 heteroatoms. The average Bonchev–Trinajstić information content (AvgIpc) is 2.81. The van der Waals surface area contributed by atoms with Gasteiger partial charge >= 0.3 is 0 Å². The van der Waals surface area contributed by atoms with Gasteiger partial charge in [0, 0.05) is 30.5 Å². The summed E-state index contributed by atoms with van der Waals surface area (Å²) in [6.45, 7) is 8.65. The van der Waals surface area contributed by atoms with Crippen molar-refractivity contribution in [2.75, 3.05) is 23.7 Å². The van der Waals surface area contributed by atoms with Crippen molar-refractivity contribution >= 4 is 43.5 Å². The molecular weight excluding hydrogens is 542 g/mol. The number of amides is 2. The fourth-order valence-electron chi connectivity index (χ4n) is 3.94. The predicted octanol–water partition coefficient (Wildman–Crippen LogP) is 4.95. The highest BCUT2D eigenvalue weighted by molar-refractivity contribution is 9.10. The number of unbranched alkanes of at least 4 members (excludes halogenated alkanes) is 1. The van der Waals surface area contributed by atoms with Crippen LogP contribution < -0.4 is 9.62 Å². The Morgan fingerprint density at radius 2 is 1.78 bits per heavy atom. The fourth-order valence-corrected chi connectivity index (χ4v) is 5.40. The third-order valence-electron chi connectivity index (χ3n) is 6.24. The molecule has 0 aliphatic heterocycles. The van der Waals surface area contributed by atoms with Gasteiger partial charge in [0.2, 0.25) is 21.8 Å². The predicted molar refractivity (Wildman–Crippen MR) is 149 cm³/mol. The minimum Gasteiger partial charge on any atom is -0.354 e. The van der Waals surface area contributed by atoms with E-state index in [-0.39, 0.29) is 31.3 Å². The van der Waals surface area contributed by atoms with E-state index in [1.165, 1.54) is 10.6 Å². The summed E-state index contributed by atoms with van der Waals surface area (Å²) in [7, 11) is -3.53. The van der Waals surface area contributed by atoms with Crippen LogP contribution in [0.4, 0.5) is 5.69 Å². The Morgan fingerprint density at radius 1 is 1.08 bits per heavy atom. The maximum absolute atomic E-state index is 13.4. The molecule has 7 nitrogen and oxygen atoms in total. The van der Waals surface area contributed by atoms with Crippen molar-refractivity contribution < 1.29 is 18.0 Å². The lowest BCUT2D eigenvalue weighted by atomic mass is 10.1. The van der Waals surface area contributed by atoms with E-state index >= 15 is 0 Å². The van der Waals surface area contributed by atoms with Gasteiger partial charge in [0.25, 0.3) is 0 Å². The first-order chi connectivity index (χ1) is 17.0. The molecule has 0 aliphatic rings. The maximum Gasteiger partial charge on any atom is 0.242 e. The third kappa shape index (κ3) is 8.62. The quantitative estimate of drug-likeness (QED) is 0.340. The zero-order valence-electron chi connectivity index (χ0n) is 21.9. The Balaban J connectivity index is 2.18. The second-order valence-electron chi connectivity index (χ2n) is 9.13. The summed E-state index contributed by atoms with van der Waals surface area (Å²) < 4.78 is 27.4. The summed E-state index contributed by atoms with van der Waals surface area (Å²) in [5.74, 6) is -0.387. The van der Waals surface area contributed by atoms with Crippen LogP contribution in [0.2, 0.25) is 0 Å².